The van der Waals surface area contributed by atoms with Crippen LogP contribution in [-0.2, 0) is 12.8 Å². The number of rotatable bonds is 6. The van der Waals surface area contributed by atoms with E-state index >= 15 is 0 Å². The van der Waals surface area contributed by atoms with Crippen LogP contribution >= 0.6 is 0 Å². The SMILES string of the molecule is CN(C)CCN(C)c1cc(-c2ccc3c(c2)OCC3)c2c(c1C(N)=O)CC=N2. The Hall–Kier alpha value is -2.86. The lowest BCUT2D eigenvalue weighted by atomic mass is 9.93. The van der Waals surface area contributed by atoms with Crippen molar-refractivity contribution in [2.75, 3.05) is 45.7 Å². The molecule has 1 amide bonds. The van der Waals surface area contributed by atoms with Gasteiger partial charge in [0.15, 0.2) is 0 Å². The number of hydrogen-bond acceptors (Lipinski definition) is 5. The van der Waals surface area contributed by atoms with Gasteiger partial charge in [-0.3, -0.25) is 9.79 Å². The largest absolute Gasteiger partial charge is 0.493 e. The van der Waals surface area contributed by atoms with E-state index in [1.807, 2.05) is 33.4 Å². The summed E-state index contributed by atoms with van der Waals surface area (Å²) in [6, 6.07) is 8.37. The minimum atomic E-state index is -0.405. The van der Waals surface area contributed by atoms with Gasteiger partial charge in [0.1, 0.15) is 5.75 Å². The van der Waals surface area contributed by atoms with Crippen molar-refractivity contribution in [2.24, 2.45) is 10.7 Å². The van der Waals surface area contributed by atoms with Crippen LogP contribution in [0.5, 0.6) is 5.75 Å². The van der Waals surface area contributed by atoms with E-state index in [9.17, 15) is 4.79 Å². The first-order chi connectivity index (χ1) is 13.5. The summed E-state index contributed by atoms with van der Waals surface area (Å²) in [5.74, 6) is 0.534. The Bertz CT molecular complexity index is 965. The second-order valence-corrected chi connectivity index (χ2v) is 7.67. The highest BCUT2D eigenvalue weighted by Crippen LogP contribution is 2.44. The third-order valence-electron chi connectivity index (χ3n) is 5.44. The molecule has 2 aromatic carbocycles. The van der Waals surface area contributed by atoms with Gasteiger partial charge in [0.05, 0.1) is 23.5 Å². The maximum Gasteiger partial charge on any atom is 0.251 e. The number of amides is 1. The summed E-state index contributed by atoms with van der Waals surface area (Å²) >= 11 is 0. The molecule has 146 valence electrons. The smallest absolute Gasteiger partial charge is 0.251 e. The van der Waals surface area contributed by atoms with Crippen LogP contribution < -0.4 is 15.4 Å². The van der Waals surface area contributed by atoms with E-state index in [-0.39, 0.29) is 0 Å². The van der Waals surface area contributed by atoms with Crippen LogP contribution in [0.2, 0.25) is 0 Å². The molecule has 0 fully saturated rings. The van der Waals surface area contributed by atoms with Gasteiger partial charge in [-0.05, 0) is 42.9 Å². The Morgan fingerprint density at radius 3 is 2.79 bits per heavy atom. The lowest BCUT2D eigenvalue weighted by Crippen LogP contribution is -2.30. The van der Waals surface area contributed by atoms with Crippen molar-refractivity contribution in [2.45, 2.75) is 12.8 Å². The molecule has 2 aliphatic heterocycles. The molecule has 2 aliphatic rings. The summed E-state index contributed by atoms with van der Waals surface area (Å²) in [5, 5.41) is 0. The van der Waals surface area contributed by atoms with Gasteiger partial charge in [0, 0.05) is 44.8 Å². The second kappa shape index (κ2) is 7.28. The molecule has 28 heavy (non-hydrogen) atoms. The van der Waals surface area contributed by atoms with Crippen molar-refractivity contribution >= 4 is 23.5 Å². The standard InChI is InChI=1S/C22H26N4O2/c1-25(2)9-10-26(3)18-13-17(15-5-4-14-7-11-28-19(14)12-15)21-16(6-8-24-21)20(18)22(23)27/h4-5,8,12-13H,6-7,9-11H2,1-3H3,(H2,23,27). The van der Waals surface area contributed by atoms with Crippen molar-refractivity contribution < 1.29 is 9.53 Å². The Morgan fingerprint density at radius 2 is 2.04 bits per heavy atom. The van der Waals surface area contributed by atoms with E-state index in [0.717, 1.165) is 59.9 Å². The number of benzene rings is 2. The molecule has 0 saturated carbocycles. The molecule has 6 heteroatoms. The molecule has 0 unspecified atom stereocenters. The number of carbonyl (C=O) groups excluding carboxylic acids is 1. The molecule has 2 heterocycles. The number of primary amides is 1. The number of carbonyl (C=O) groups is 1. The van der Waals surface area contributed by atoms with E-state index < -0.39 is 5.91 Å². The van der Waals surface area contributed by atoms with Crippen molar-refractivity contribution in [3.63, 3.8) is 0 Å². The molecular weight excluding hydrogens is 352 g/mol. The van der Waals surface area contributed by atoms with Crippen molar-refractivity contribution in [1.82, 2.24) is 4.90 Å². The minimum Gasteiger partial charge on any atom is -0.493 e. The van der Waals surface area contributed by atoms with Gasteiger partial charge in [0.25, 0.3) is 5.91 Å². The first-order valence-corrected chi connectivity index (χ1v) is 9.60. The van der Waals surface area contributed by atoms with Crippen LogP contribution in [0.15, 0.2) is 29.3 Å². The molecule has 2 aromatic rings. The van der Waals surface area contributed by atoms with Gasteiger partial charge in [-0.25, -0.2) is 0 Å². The number of fused-ring (bicyclic) bond motifs is 2. The molecule has 4 rings (SSSR count). The van der Waals surface area contributed by atoms with Crippen LogP contribution in [-0.4, -0.2) is 57.9 Å². The molecule has 0 bridgehead atoms. The Kier molecular flexibility index (Phi) is 4.81. The quantitative estimate of drug-likeness (QED) is 0.839. The van der Waals surface area contributed by atoms with Gasteiger partial charge < -0.3 is 20.3 Å². The summed E-state index contributed by atoms with van der Waals surface area (Å²) in [6.45, 7) is 2.40. The second-order valence-electron chi connectivity index (χ2n) is 7.67. The van der Waals surface area contributed by atoms with E-state index in [2.05, 4.69) is 33.0 Å². The zero-order valence-corrected chi connectivity index (χ0v) is 16.7. The molecule has 0 saturated heterocycles. The fraction of sp³-hybridized carbons (Fsp3) is 0.364. The fourth-order valence-electron chi connectivity index (χ4n) is 3.89. The van der Waals surface area contributed by atoms with Crippen LogP contribution in [0, 0.1) is 0 Å². The summed E-state index contributed by atoms with van der Waals surface area (Å²) < 4.78 is 5.76. The Morgan fingerprint density at radius 1 is 1.21 bits per heavy atom. The van der Waals surface area contributed by atoms with Crippen LogP contribution in [0.1, 0.15) is 21.5 Å². The molecule has 0 atom stereocenters. The Balaban J connectivity index is 1.85. The number of ether oxygens (including phenoxy) is 1. The monoisotopic (exact) mass is 378 g/mol. The van der Waals surface area contributed by atoms with Gasteiger partial charge >= 0.3 is 0 Å². The summed E-state index contributed by atoms with van der Waals surface area (Å²) in [4.78, 5) is 21.1. The molecule has 2 N–H and O–H groups in total. The maximum atomic E-state index is 12.3. The maximum absolute atomic E-state index is 12.3. The molecule has 0 spiro atoms. The topological polar surface area (TPSA) is 71.2 Å². The summed E-state index contributed by atoms with van der Waals surface area (Å²) in [7, 11) is 6.08. The highest BCUT2D eigenvalue weighted by Gasteiger charge is 2.26. The van der Waals surface area contributed by atoms with Gasteiger partial charge in [0.2, 0.25) is 0 Å². The number of nitrogens with zero attached hydrogens (tertiary/aromatic N) is 3. The number of hydrogen-bond donors (Lipinski definition) is 1. The summed E-state index contributed by atoms with van der Waals surface area (Å²) in [5.41, 5.74) is 12.3. The van der Waals surface area contributed by atoms with E-state index in [1.54, 1.807) is 0 Å². The number of anilines is 1. The third-order valence-corrected chi connectivity index (χ3v) is 5.44. The highest BCUT2D eigenvalue weighted by atomic mass is 16.5. The normalized spacial score (nSPS) is 14.1. The van der Waals surface area contributed by atoms with E-state index in [1.165, 1.54) is 5.56 Å². The predicted octanol–water partition coefficient (Wildman–Crippen LogP) is 2.64. The predicted molar refractivity (Wildman–Crippen MR) is 113 cm³/mol. The highest BCUT2D eigenvalue weighted by molar-refractivity contribution is 6.06. The zero-order valence-electron chi connectivity index (χ0n) is 16.7. The van der Waals surface area contributed by atoms with Gasteiger partial charge in [-0.1, -0.05) is 12.1 Å². The van der Waals surface area contributed by atoms with Crippen LogP contribution in [0.25, 0.3) is 11.1 Å². The molecule has 0 radical (unpaired) electrons. The molecular formula is C22H26N4O2. The lowest BCUT2D eigenvalue weighted by molar-refractivity contribution is 0.1000. The van der Waals surface area contributed by atoms with Crippen molar-refractivity contribution in [3.05, 3.63) is 41.0 Å². The fourth-order valence-corrected chi connectivity index (χ4v) is 3.89. The van der Waals surface area contributed by atoms with Gasteiger partial charge in [-0.15, -0.1) is 0 Å². The summed E-state index contributed by atoms with van der Waals surface area (Å²) in [6.07, 6.45) is 3.43. The number of likely N-dealkylation sites (N-methyl/N-ethyl adjacent to an activating group) is 2. The van der Waals surface area contributed by atoms with E-state index in [0.29, 0.717) is 12.0 Å². The van der Waals surface area contributed by atoms with Crippen molar-refractivity contribution in [3.8, 4) is 16.9 Å². The first-order valence-electron chi connectivity index (χ1n) is 9.60. The first kappa shape index (κ1) is 18.5. The number of nitrogens with two attached hydrogens (primary N) is 1. The average molecular weight is 378 g/mol. The van der Waals surface area contributed by atoms with E-state index in [4.69, 9.17) is 10.5 Å². The van der Waals surface area contributed by atoms with Crippen molar-refractivity contribution in [1.29, 1.82) is 0 Å². The molecule has 6 nitrogen and oxygen atoms in total. The number of aliphatic imine (C=N–C) groups is 1. The molecule has 0 aliphatic carbocycles. The van der Waals surface area contributed by atoms with Crippen LogP contribution in [0.3, 0.4) is 0 Å². The molecule has 0 aromatic heterocycles. The zero-order chi connectivity index (χ0) is 19.8. The van der Waals surface area contributed by atoms with Gasteiger partial charge in [-0.2, -0.15) is 0 Å². The van der Waals surface area contributed by atoms with Crippen LogP contribution in [0.4, 0.5) is 11.4 Å². The third kappa shape index (κ3) is 3.24. The Labute approximate surface area is 165 Å². The minimum absolute atomic E-state index is 0.405. The lowest BCUT2D eigenvalue weighted by Gasteiger charge is -2.26. The average Bonchev–Trinajstić information content (AvgIpc) is 3.32.